The van der Waals surface area contributed by atoms with Gasteiger partial charge in [0.05, 0.1) is 5.52 Å². The van der Waals surface area contributed by atoms with E-state index in [1.807, 2.05) is 36.4 Å². The zero-order valence-electron chi connectivity index (χ0n) is 17.8. The highest BCUT2D eigenvalue weighted by Crippen LogP contribution is 2.53. The molecule has 0 N–H and O–H groups in total. The summed E-state index contributed by atoms with van der Waals surface area (Å²) in [6, 6.07) is 21.4. The SMILES string of the molecule is FC(F)c1cc(-c2ccccc2)c2c(n1)sc1c2ncn2nc([C@@H]3C[C@@H]3c3ccccc3)nc12. The van der Waals surface area contributed by atoms with Crippen LogP contribution in [0, 0.1) is 0 Å². The molecule has 0 unspecified atom stereocenters. The van der Waals surface area contributed by atoms with Gasteiger partial charge in [-0.25, -0.2) is 28.2 Å². The molecule has 166 valence electrons. The minimum absolute atomic E-state index is 0.236. The normalized spacial score (nSPS) is 17.9. The van der Waals surface area contributed by atoms with Gasteiger partial charge in [0.25, 0.3) is 6.43 Å². The van der Waals surface area contributed by atoms with Gasteiger partial charge in [-0.3, -0.25) is 0 Å². The van der Waals surface area contributed by atoms with E-state index in [0.717, 1.165) is 27.9 Å². The molecule has 1 aliphatic rings. The molecule has 2 atom stereocenters. The Balaban J connectivity index is 1.41. The highest BCUT2D eigenvalue weighted by molar-refractivity contribution is 7.26. The van der Waals surface area contributed by atoms with Gasteiger partial charge in [-0.1, -0.05) is 60.7 Å². The fraction of sp³-hybridized carbons (Fsp3) is 0.154. The van der Waals surface area contributed by atoms with Gasteiger partial charge in [-0.15, -0.1) is 16.4 Å². The van der Waals surface area contributed by atoms with Gasteiger partial charge < -0.3 is 0 Å². The first-order valence-corrected chi connectivity index (χ1v) is 11.9. The Morgan fingerprint density at radius 2 is 1.71 bits per heavy atom. The van der Waals surface area contributed by atoms with E-state index in [2.05, 4.69) is 34.2 Å². The van der Waals surface area contributed by atoms with E-state index in [1.54, 1.807) is 10.8 Å². The monoisotopic (exact) mass is 469 g/mol. The minimum Gasteiger partial charge on any atom is -0.236 e. The topological polar surface area (TPSA) is 56.0 Å². The summed E-state index contributed by atoms with van der Waals surface area (Å²) >= 11 is 1.34. The van der Waals surface area contributed by atoms with Crippen LogP contribution in [-0.4, -0.2) is 24.6 Å². The van der Waals surface area contributed by atoms with Crippen LogP contribution >= 0.6 is 11.3 Å². The van der Waals surface area contributed by atoms with Crippen LogP contribution in [0.4, 0.5) is 8.78 Å². The number of hydrogen-bond donors (Lipinski definition) is 0. The average molecular weight is 470 g/mol. The van der Waals surface area contributed by atoms with E-state index in [9.17, 15) is 8.78 Å². The summed E-state index contributed by atoms with van der Waals surface area (Å²) in [7, 11) is 0. The van der Waals surface area contributed by atoms with Crippen molar-refractivity contribution in [1.29, 1.82) is 0 Å². The number of aromatic nitrogens is 5. The lowest BCUT2D eigenvalue weighted by atomic mass is 10.0. The van der Waals surface area contributed by atoms with Crippen molar-refractivity contribution in [2.24, 2.45) is 0 Å². The van der Waals surface area contributed by atoms with Gasteiger partial charge in [0.2, 0.25) is 0 Å². The van der Waals surface area contributed by atoms with Crippen LogP contribution in [0.5, 0.6) is 0 Å². The van der Waals surface area contributed by atoms with Crippen LogP contribution in [0.15, 0.2) is 73.1 Å². The van der Waals surface area contributed by atoms with E-state index in [4.69, 9.17) is 10.1 Å². The van der Waals surface area contributed by atoms with Crippen molar-refractivity contribution in [3.05, 3.63) is 90.1 Å². The third kappa shape index (κ3) is 3.02. The number of hydrogen-bond acceptors (Lipinski definition) is 5. The zero-order chi connectivity index (χ0) is 22.8. The molecule has 0 saturated heterocycles. The van der Waals surface area contributed by atoms with Crippen LogP contribution < -0.4 is 0 Å². The van der Waals surface area contributed by atoms with E-state index >= 15 is 0 Å². The number of benzene rings is 2. The number of thiophene rings is 1. The van der Waals surface area contributed by atoms with Gasteiger partial charge in [0, 0.05) is 11.3 Å². The predicted octanol–water partition coefficient (Wildman–Crippen LogP) is 6.76. The van der Waals surface area contributed by atoms with Gasteiger partial charge >= 0.3 is 0 Å². The van der Waals surface area contributed by atoms with E-state index in [-0.39, 0.29) is 11.6 Å². The number of halogens is 2. The fourth-order valence-corrected chi connectivity index (χ4v) is 5.86. The predicted molar refractivity (Wildman–Crippen MR) is 128 cm³/mol. The molecule has 1 aliphatic carbocycles. The second kappa shape index (κ2) is 7.36. The second-order valence-corrected chi connectivity index (χ2v) is 9.56. The highest BCUT2D eigenvalue weighted by Gasteiger charge is 2.42. The third-order valence-corrected chi connectivity index (χ3v) is 7.53. The van der Waals surface area contributed by atoms with E-state index < -0.39 is 6.43 Å². The van der Waals surface area contributed by atoms with Crippen molar-refractivity contribution in [2.75, 3.05) is 0 Å². The number of nitrogens with zero attached hydrogens (tertiary/aromatic N) is 5. The molecule has 7 rings (SSSR count). The number of fused-ring (bicyclic) bond motifs is 5. The van der Waals surface area contributed by atoms with Gasteiger partial charge in [0.15, 0.2) is 11.5 Å². The van der Waals surface area contributed by atoms with Crippen molar-refractivity contribution >= 4 is 37.4 Å². The summed E-state index contributed by atoms with van der Waals surface area (Å²) in [5, 5.41) is 5.48. The molecule has 1 fully saturated rings. The van der Waals surface area contributed by atoms with E-state index in [0.29, 0.717) is 27.5 Å². The summed E-state index contributed by atoms with van der Waals surface area (Å²) in [6.07, 6.45) is 0.0201. The molecule has 2 aromatic carbocycles. The Bertz CT molecular complexity index is 1680. The first-order valence-electron chi connectivity index (χ1n) is 11.0. The first-order chi connectivity index (χ1) is 16.7. The molecule has 4 aromatic heterocycles. The standard InChI is InChI=1S/C26H17F2N5S/c27-23(28)19-12-17(15-9-5-2-6-10-15)20-21-22(34-26(20)30-19)25-31-24(32-33(25)13-29-21)18-11-16(18)14-7-3-1-4-8-14/h1-10,12-13,16,18,23H,11H2/t16-,18-/m1/s1. The Labute approximate surface area is 196 Å². The van der Waals surface area contributed by atoms with Gasteiger partial charge in [0.1, 0.15) is 21.6 Å². The lowest BCUT2D eigenvalue weighted by Crippen LogP contribution is -1.93. The molecule has 8 heteroatoms. The molecular weight excluding hydrogens is 452 g/mol. The molecule has 0 radical (unpaired) electrons. The third-order valence-electron chi connectivity index (χ3n) is 6.46. The maximum Gasteiger partial charge on any atom is 0.280 e. The minimum atomic E-state index is -2.66. The first kappa shape index (κ1) is 19.7. The second-order valence-electron chi connectivity index (χ2n) is 8.56. The lowest BCUT2D eigenvalue weighted by molar-refractivity contribution is 0.146. The lowest BCUT2D eigenvalue weighted by Gasteiger charge is -2.07. The van der Waals surface area contributed by atoms with Crippen molar-refractivity contribution < 1.29 is 8.78 Å². The molecule has 0 bridgehead atoms. The van der Waals surface area contributed by atoms with E-state index in [1.165, 1.54) is 23.0 Å². The molecule has 4 heterocycles. The maximum atomic E-state index is 13.7. The Hall–Kier alpha value is -3.78. The van der Waals surface area contributed by atoms with Crippen LogP contribution in [0.1, 0.15) is 41.8 Å². The molecule has 0 spiro atoms. The molecule has 34 heavy (non-hydrogen) atoms. The molecule has 0 aliphatic heterocycles. The Morgan fingerprint density at radius 1 is 0.941 bits per heavy atom. The smallest absolute Gasteiger partial charge is 0.236 e. The summed E-state index contributed by atoms with van der Waals surface area (Å²) in [5.41, 5.74) is 4.03. The number of pyridine rings is 1. The van der Waals surface area contributed by atoms with Gasteiger partial charge in [-0.05, 0) is 35.1 Å². The maximum absolute atomic E-state index is 13.7. The summed E-state index contributed by atoms with van der Waals surface area (Å²) in [4.78, 5) is 14.4. The zero-order valence-corrected chi connectivity index (χ0v) is 18.6. The quantitative estimate of drug-likeness (QED) is 0.286. The molecule has 6 aromatic rings. The van der Waals surface area contributed by atoms with Crippen molar-refractivity contribution in [1.82, 2.24) is 24.6 Å². The Kier molecular flexibility index (Phi) is 4.26. The molecular formula is C26H17F2N5S. The highest BCUT2D eigenvalue weighted by atomic mass is 32.1. The average Bonchev–Trinajstić information content (AvgIpc) is 3.40. The summed E-state index contributed by atoms with van der Waals surface area (Å²) < 4.78 is 29.9. The van der Waals surface area contributed by atoms with Crippen LogP contribution in [0.2, 0.25) is 0 Å². The van der Waals surface area contributed by atoms with Crippen LogP contribution in [-0.2, 0) is 0 Å². The molecule has 5 nitrogen and oxygen atoms in total. The fourth-order valence-electron chi connectivity index (χ4n) is 4.73. The number of rotatable bonds is 4. The van der Waals surface area contributed by atoms with Gasteiger partial charge in [-0.2, -0.15) is 0 Å². The van der Waals surface area contributed by atoms with Crippen molar-refractivity contribution in [3.8, 4) is 11.1 Å². The molecule has 1 saturated carbocycles. The summed E-state index contributed by atoms with van der Waals surface area (Å²) in [6.45, 7) is 0. The summed E-state index contributed by atoms with van der Waals surface area (Å²) in [5.74, 6) is 1.49. The Morgan fingerprint density at radius 3 is 2.47 bits per heavy atom. The van der Waals surface area contributed by atoms with Crippen LogP contribution in [0.25, 0.3) is 37.2 Å². The largest absolute Gasteiger partial charge is 0.280 e. The van der Waals surface area contributed by atoms with Crippen molar-refractivity contribution in [2.45, 2.75) is 24.7 Å². The molecule has 0 amide bonds. The number of alkyl halides is 2. The van der Waals surface area contributed by atoms with Crippen molar-refractivity contribution in [3.63, 3.8) is 0 Å². The van der Waals surface area contributed by atoms with Crippen LogP contribution in [0.3, 0.4) is 0 Å².